The van der Waals surface area contributed by atoms with Crippen LogP contribution in [0.25, 0.3) is 0 Å². The molecule has 0 atom stereocenters. The number of carboxylic acids is 1. The SMILES string of the molecule is CCC(=O)Nc1sc(CC)cc1C(=O)O. The van der Waals surface area contributed by atoms with Crippen molar-refractivity contribution in [3.8, 4) is 0 Å². The van der Waals surface area contributed by atoms with Crippen LogP contribution in [0.5, 0.6) is 0 Å². The Morgan fingerprint density at radius 3 is 2.60 bits per heavy atom. The molecule has 0 spiro atoms. The van der Waals surface area contributed by atoms with Crippen molar-refractivity contribution in [2.45, 2.75) is 26.7 Å². The van der Waals surface area contributed by atoms with Gasteiger partial charge in [-0.15, -0.1) is 11.3 Å². The number of thiophene rings is 1. The van der Waals surface area contributed by atoms with Gasteiger partial charge in [0.15, 0.2) is 0 Å². The van der Waals surface area contributed by atoms with E-state index in [0.717, 1.165) is 11.3 Å². The van der Waals surface area contributed by atoms with E-state index in [1.165, 1.54) is 11.3 Å². The van der Waals surface area contributed by atoms with Gasteiger partial charge in [0.05, 0.1) is 5.56 Å². The average molecular weight is 227 g/mol. The zero-order chi connectivity index (χ0) is 11.4. The molecule has 0 aliphatic rings. The van der Waals surface area contributed by atoms with Crippen molar-refractivity contribution in [1.82, 2.24) is 0 Å². The predicted octanol–water partition coefficient (Wildman–Crippen LogP) is 2.36. The van der Waals surface area contributed by atoms with Gasteiger partial charge in [0.1, 0.15) is 5.00 Å². The first-order chi connectivity index (χ1) is 7.08. The van der Waals surface area contributed by atoms with E-state index in [4.69, 9.17) is 5.11 Å². The van der Waals surface area contributed by atoms with Crippen molar-refractivity contribution in [2.75, 3.05) is 5.32 Å². The van der Waals surface area contributed by atoms with Crippen LogP contribution >= 0.6 is 11.3 Å². The summed E-state index contributed by atoms with van der Waals surface area (Å²) in [5.74, 6) is -1.17. The lowest BCUT2D eigenvalue weighted by atomic mass is 10.2. The van der Waals surface area contributed by atoms with Crippen LogP contribution in [-0.2, 0) is 11.2 Å². The number of aromatic carboxylic acids is 1. The van der Waals surface area contributed by atoms with E-state index in [2.05, 4.69) is 5.32 Å². The van der Waals surface area contributed by atoms with E-state index < -0.39 is 5.97 Å². The van der Waals surface area contributed by atoms with Crippen LogP contribution in [0, 0.1) is 0 Å². The van der Waals surface area contributed by atoms with Crippen LogP contribution in [0.15, 0.2) is 6.07 Å². The minimum Gasteiger partial charge on any atom is -0.478 e. The normalized spacial score (nSPS) is 10.0. The minimum atomic E-state index is -1.00. The number of nitrogens with one attached hydrogen (secondary N) is 1. The molecule has 1 heterocycles. The molecule has 4 nitrogen and oxygen atoms in total. The Hall–Kier alpha value is -1.36. The van der Waals surface area contributed by atoms with Gasteiger partial charge in [-0.25, -0.2) is 4.79 Å². The van der Waals surface area contributed by atoms with E-state index >= 15 is 0 Å². The lowest BCUT2D eigenvalue weighted by Gasteiger charge is -2.00. The number of amides is 1. The number of aryl methyl sites for hydroxylation is 1. The highest BCUT2D eigenvalue weighted by Gasteiger charge is 2.15. The van der Waals surface area contributed by atoms with Gasteiger partial charge in [-0.05, 0) is 12.5 Å². The standard InChI is InChI=1S/C10H13NO3S/c1-3-6-5-7(10(13)14)9(15-6)11-8(12)4-2/h5H,3-4H2,1-2H3,(H,11,12)(H,13,14). The smallest absolute Gasteiger partial charge is 0.338 e. The highest BCUT2D eigenvalue weighted by atomic mass is 32.1. The summed E-state index contributed by atoms with van der Waals surface area (Å²) in [4.78, 5) is 23.0. The van der Waals surface area contributed by atoms with Crippen LogP contribution in [0.2, 0.25) is 0 Å². The third-order valence-corrected chi connectivity index (χ3v) is 3.13. The molecule has 0 aliphatic carbocycles. The summed E-state index contributed by atoms with van der Waals surface area (Å²) < 4.78 is 0. The zero-order valence-corrected chi connectivity index (χ0v) is 9.48. The van der Waals surface area contributed by atoms with Gasteiger partial charge < -0.3 is 10.4 Å². The second-order valence-electron chi connectivity index (χ2n) is 3.02. The molecular formula is C10H13NO3S. The van der Waals surface area contributed by atoms with Crippen molar-refractivity contribution < 1.29 is 14.7 Å². The Balaban J connectivity index is 2.98. The van der Waals surface area contributed by atoms with Gasteiger partial charge in [-0.3, -0.25) is 4.79 Å². The third-order valence-electron chi connectivity index (χ3n) is 1.94. The lowest BCUT2D eigenvalue weighted by Crippen LogP contribution is -2.10. The summed E-state index contributed by atoms with van der Waals surface area (Å²) in [6.45, 7) is 3.67. The Labute approximate surface area is 91.9 Å². The van der Waals surface area contributed by atoms with E-state index in [1.54, 1.807) is 13.0 Å². The molecule has 1 rings (SSSR count). The molecule has 0 aliphatic heterocycles. The maximum atomic E-state index is 11.2. The summed E-state index contributed by atoms with van der Waals surface area (Å²) in [5, 5.41) is 11.9. The summed E-state index contributed by atoms with van der Waals surface area (Å²) in [5.41, 5.74) is 0.179. The highest BCUT2D eigenvalue weighted by Crippen LogP contribution is 2.28. The molecule has 1 aromatic rings. The molecule has 0 radical (unpaired) electrons. The van der Waals surface area contributed by atoms with Gasteiger partial charge in [0, 0.05) is 11.3 Å². The van der Waals surface area contributed by atoms with Crippen molar-refractivity contribution in [3.05, 3.63) is 16.5 Å². The second-order valence-corrected chi connectivity index (χ2v) is 4.15. The molecule has 82 valence electrons. The number of carbonyl (C=O) groups is 2. The fourth-order valence-electron chi connectivity index (χ4n) is 1.08. The fraction of sp³-hybridized carbons (Fsp3) is 0.400. The average Bonchev–Trinajstić information content (AvgIpc) is 2.61. The molecule has 0 aromatic carbocycles. The number of carbonyl (C=O) groups excluding carboxylic acids is 1. The monoisotopic (exact) mass is 227 g/mol. The quantitative estimate of drug-likeness (QED) is 0.829. The molecule has 0 unspecified atom stereocenters. The number of carboxylic acid groups (broad SMARTS) is 1. The first-order valence-electron chi connectivity index (χ1n) is 4.74. The maximum Gasteiger partial charge on any atom is 0.338 e. The Bertz CT molecular complexity index is 384. The summed E-state index contributed by atoms with van der Waals surface area (Å²) in [7, 11) is 0. The Morgan fingerprint density at radius 1 is 1.47 bits per heavy atom. The van der Waals surface area contributed by atoms with Crippen molar-refractivity contribution in [2.24, 2.45) is 0 Å². The molecule has 0 bridgehead atoms. The molecule has 0 saturated heterocycles. The molecule has 15 heavy (non-hydrogen) atoms. The predicted molar refractivity (Wildman–Crippen MR) is 59.6 cm³/mol. The molecule has 2 N–H and O–H groups in total. The first-order valence-corrected chi connectivity index (χ1v) is 5.56. The number of anilines is 1. The van der Waals surface area contributed by atoms with Crippen LogP contribution in [-0.4, -0.2) is 17.0 Å². The van der Waals surface area contributed by atoms with Gasteiger partial charge >= 0.3 is 5.97 Å². The first kappa shape index (κ1) is 11.7. The van der Waals surface area contributed by atoms with Gasteiger partial charge in [0.2, 0.25) is 5.91 Å². The maximum absolute atomic E-state index is 11.2. The minimum absolute atomic E-state index is 0.165. The van der Waals surface area contributed by atoms with Crippen LogP contribution < -0.4 is 5.32 Å². The summed E-state index contributed by atoms with van der Waals surface area (Å²) in [6, 6.07) is 1.61. The van der Waals surface area contributed by atoms with Gasteiger partial charge in [-0.1, -0.05) is 13.8 Å². The summed E-state index contributed by atoms with van der Waals surface area (Å²) in [6.07, 6.45) is 1.12. The van der Waals surface area contributed by atoms with Crippen molar-refractivity contribution in [3.63, 3.8) is 0 Å². The molecular weight excluding hydrogens is 214 g/mol. The number of hydrogen-bond acceptors (Lipinski definition) is 3. The van der Waals surface area contributed by atoms with Crippen molar-refractivity contribution >= 4 is 28.2 Å². The van der Waals surface area contributed by atoms with E-state index in [0.29, 0.717) is 11.4 Å². The molecule has 0 saturated carbocycles. The van der Waals surface area contributed by atoms with Gasteiger partial charge in [0.25, 0.3) is 0 Å². The van der Waals surface area contributed by atoms with Crippen LogP contribution in [0.4, 0.5) is 5.00 Å². The topological polar surface area (TPSA) is 66.4 Å². The Morgan fingerprint density at radius 2 is 2.13 bits per heavy atom. The van der Waals surface area contributed by atoms with E-state index in [9.17, 15) is 9.59 Å². The molecule has 0 fully saturated rings. The molecule has 1 aromatic heterocycles. The molecule has 5 heteroatoms. The number of rotatable bonds is 4. The largest absolute Gasteiger partial charge is 0.478 e. The lowest BCUT2D eigenvalue weighted by molar-refractivity contribution is -0.115. The summed E-state index contributed by atoms with van der Waals surface area (Å²) >= 11 is 1.32. The highest BCUT2D eigenvalue weighted by molar-refractivity contribution is 7.16. The van der Waals surface area contributed by atoms with Gasteiger partial charge in [-0.2, -0.15) is 0 Å². The second kappa shape index (κ2) is 4.93. The van der Waals surface area contributed by atoms with E-state index in [1.807, 2.05) is 6.92 Å². The third kappa shape index (κ3) is 2.79. The fourth-order valence-corrected chi connectivity index (χ4v) is 2.09. The van der Waals surface area contributed by atoms with Crippen LogP contribution in [0.1, 0.15) is 35.5 Å². The zero-order valence-electron chi connectivity index (χ0n) is 8.66. The van der Waals surface area contributed by atoms with Crippen LogP contribution in [0.3, 0.4) is 0 Å². The Kier molecular flexibility index (Phi) is 3.85. The van der Waals surface area contributed by atoms with Crippen molar-refractivity contribution in [1.29, 1.82) is 0 Å². The number of hydrogen-bond donors (Lipinski definition) is 2. The van der Waals surface area contributed by atoms with E-state index in [-0.39, 0.29) is 11.5 Å². The molecule has 1 amide bonds.